The number of nitrogens with zero attached hydrogens (tertiary/aromatic N) is 1. The van der Waals surface area contributed by atoms with Gasteiger partial charge in [-0.2, -0.15) is 0 Å². The van der Waals surface area contributed by atoms with Crippen LogP contribution in [0.2, 0.25) is 0 Å². The Bertz CT molecular complexity index is 813. The van der Waals surface area contributed by atoms with Crippen molar-refractivity contribution in [2.24, 2.45) is 11.8 Å². The summed E-state index contributed by atoms with van der Waals surface area (Å²) in [5, 5.41) is 2.99. The van der Waals surface area contributed by atoms with Gasteiger partial charge in [-0.1, -0.05) is 12.1 Å². The first-order valence-corrected chi connectivity index (χ1v) is 10.3. The molecule has 29 heavy (non-hydrogen) atoms. The van der Waals surface area contributed by atoms with Crippen molar-refractivity contribution in [2.75, 3.05) is 38.2 Å². The predicted octanol–water partition coefficient (Wildman–Crippen LogP) is 4.31. The first-order valence-electron chi connectivity index (χ1n) is 10.3. The highest BCUT2D eigenvalue weighted by atomic mass is 19.1. The molecule has 154 valence electrons. The van der Waals surface area contributed by atoms with E-state index in [4.69, 9.17) is 9.47 Å². The van der Waals surface area contributed by atoms with E-state index in [0.29, 0.717) is 11.7 Å². The Balaban J connectivity index is 1.25. The zero-order chi connectivity index (χ0) is 20.1. The number of halogens is 1. The number of ether oxygens (including phenoxy) is 2. The van der Waals surface area contributed by atoms with Gasteiger partial charge in [0.25, 0.3) is 0 Å². The van der Waals surface area contributed by atoms with Crippen molar-refractivity contribution >= 4 is 11.6 Å². The van der Waals surface area contributed by atoms with Gasteiger partial charge in [0.15, 0.2) is 11.6 Å². The van der Waals surface area contributed by atoms with Crippen molar-refractivity contribution in [3.05, 3.63) is 54.3 Å². The normalized spacial score (nSPS) is 20.5. The van der Waals surface area contributed by atoms with Crippen molar-refractivity contribution in [1.29, 1.82) is 0 Å². The van der Waals surface area contributed by atoms with E-state index in [1.807, 2.05) is 0 Å². The Labute approximate surface area is 170 Å². The first-order chi connectivity index (χ1) is 14.2. The van der Waals surface area contributed by atoms with Crippen molar-refractivity contribution in [3.8, 4) is 11.5 Å². The average Bonchev–Trinajstić information content (AvgIpc) is 3.25. The predicted molar refractivity (Wildman–Crippen MR) is 110 cm³/mol. The molecule has 2 saturated heterocycles. The summed E-state index contributed by atoms with van der Waals surface area (Å²) < 4.78 is 24.7. The number of carbonyl (C=O) groups is 1. The van der Waals surface area contributed by atoms with Crippen LogP contribution in [-0.4, -0.2) is 43.7 Å². The molecule has 0 aromatic heterocycles. The van der Waals surface area contributed by atoms with Gasteiger partial charge in [-0.3, -0.25) is 4.79 Å². The Kier molecular flexibility index (Phi) is 6.42. The smallest absolute Gasteiger partial charge is 0.227 e. The number of hydrogen-bond acceptors (Lipinski definition) is 4. The minimum absolute atomic E-state index is 0.0421. The number of likely N-dealkylation sites (tertiary alicyclic amines) is 1. The third kappa shape index (κ3) is 5.34. The third-order valence-electron chi connectivity index (χ3n) is 5.69. The number of amides is 1. The van der Waals surface area contributed by atoms with E-state index in [0.717, 1.165) is 57.8 Å². The number of piperidine rings is 1. The Morgan fingerprint density at radius 3 is 2.55 bits per heavy atom. The van der Waals surface area contributed by atoms with Crippen molar-refractivity contribution in [2.45, 2.75) is 19.3 Å². The average molecular weight is 398 g/mol. The molecule has 0 radical (unpaired) electrons. The molecule has 1 amide bonds. The lowest BCUT2D eigenvalue weighted by atomic mass is 9.95. The monoisotopic (exact) mass is 398 g/mol. The minimum atomic E-state index is -0.406. The van der Waals surface area contributed by atoms with Gasteiger partial charge < -0.3 is 19.7 Å². The van der Waals surface area contributed by atoms with Gasteiger partial charge >= 0.3 is 0 Å². The summed E-state index contributed by atoms with van der Waals surface area (Å²) in [5.41, 5.74) is 0.724. The standard InChI is InChI=1S/C23H27FN2O3/c24-21-3-1-2-4-22(21)29-20-7-5-19(6-8-20)25-23(27)18-9-12-26(13-10-18)15-17-11-14-28-16-17/h1-8,17-18H,9-16H2,(H,25,27)/t17-/m0/s1. The molecule has 2 aliphatic rings. The second-order valence-electron chi connectivity index (χ2n) is 7.85. The molecule has 0 saturated carbocycles. The summed E-state index contributed by atoms with van der Waals surface area (Å²) in [6.07, 6.45) is 2.92. The molecular weight excluding hydrogens is 371 g/mol. The SMILES string of the molecule is O=C(Nc1ccc(Oc2ccccc2F)cc1)C1CCN(C[C@@H]2CCOC2)CC1. The number of benzene rings is 2. The highest BCUT2D eigenvalue weighted by molar-refractivity contribution is 5.92. The molecule has 0 unspecified atom stereocenters. The van der Waals surface area contributed by atoms with Gasteiger partial charge in [0.1, 0.15) is 5.75 Å². The fraction of sp³-hybridized carbons (Fsp3) is 0.435. The van der Waals surface area contributed by atoms with Crippen LogP contribution in [0.15, 0.2) is 48.5 Å². The zero-order valence-corrected chi connectivity index (χ0v) is 16.5. The Morgan fingerprint density at radius 1 is 1.10 bits per heavy atom. The van der Waals surface area contributed by atoms with Gasteiger partial charge in [-0.05, 0) is 74.7 Å². The van der Waals surface area contributed by atoms with E-state index in [1.54, 1.807) is 42.5 Å². The van der Waals surface area contributed by atoms with Crippen LogP contribution < -0.4 is 10.1 Å². The van der Waals surface area contributed by atoms with E-state index in [9.17, 15) is 9.18 Å². The van der Waals surface area contributed by atoms with Gasteiger partial charge in [0, 0.05) is 24.8 Å². The summed E-state index contributed by atoms with van der Waals surface area (Å²) in [5.74, 6) is 1.05. The van der Waals surface area contributed by atoms with Gasteiger partial charge in [-0.15, -0.1) is 0 Å². The second kappa shape index (κ2) is 9.37. The third-order valence-corrected chi connectivity index (χ3v) is 5.69. The highest BCUT2D eigenvalue weighted by Crippen LogP contribution is 2.26. The van der Waals surface area contributed by atoms with Crippen molar-refractivity contribution in [3.63, 3.8) is 0 Å². The number of rotatable bonds is 6. The lowest BCUT2D eigenvalue weighted by molar-refractivity contribution is -0.121. The maximum Gasteiger partial charge on any atom is 0.227 e. The zero-order valence-electron chi connectivity index (χ0n) is 16.5. The molecule has 2 aromatic carbocycles. The molecule has 4 rings (SSSR count). The second-order valence-corrected chi connectivity index (χ2v) is 7.85. The largest absolute Gasteiger partial charge is 0.454 e. The van der Waals surface area contributed by atoms with E-state index >= 15 is 0 Å². The van der Waals surface area contributed by atoms with Crippen LogP contribution in [0.1, 0.15) is 19.3 Å². The lowest BCUT2D eigenvalue weighted by Crippen LogP contribution is -2.40. The topological polar surface area (TPSA) is 50.8 Å². The van der Waals surface area contributed by atoms with E-state index in [-0.39, 0.29) is 17.6 Å². The maximum absolute atomic E-state index is 13.7. The van der Waals surface area contributed by atoms with E-state index < -0.39 is 5.82 Å². The molecule has 5 nitrogen and oxygen atoms in total. The molecule has 1 atom stereocenters. The van der Waals surface area contributed by atoms with Crippen LogP contribution >= 0.6 is 0 Å². The Hall–Kier alpha value is -2.44. The minimum Gasteiger partial charge on any atom is -0.454 e. The molecule has 2 aliphatic heterocycles. The summed E-state index contributed by atoms with van der Waals surface area (Å²) >= 11 is 0. The molecule has 6 heteroatoms. The molecule has 2 fully saturated rings. The number of nitrogens with one attached hydrogen (secondary N) is 1. The molecule has 2 heterocycles. The molecule has 0 bridgehead atoms. The lowest BCUT2D eigenvalue weighted by Gasteiger charge is -2.32. The van der Waals surface area contributed by atoms with E-state index in [2.05, 4.69) is 10.2 Å². The van der Waals surface area contributed by atoms with Crippen LogP contribution in [0.25, 0.3) is 0 Å². The van der Waals surface area contributed by atoms with Crippen molar-refractivity contribution < 1.29 is 18.7 Å². The number of anilines is 1. The van der Waals surface area contributed by atoms with Crippen LogP contribution in [0.5, 0.6) is 11.5 Å². The van der Waals surface area contributed by atoms with Crippen LogP contribution in [-0.2, 0) is 9.53 Å². The fourth-order valence-corrected chi connectivity index (χ4v) is 3.98. The molecular formula is C23H27FN2O3. The number of carbonyl (C=O) groups excluding carboxylic acids is 1. The molecule has 1 N–H and O–H groups in total. The summed E-state index contributed by atoms with van der Waals surface area (Å²) in [7, 11) is 0. The number of hydrogen-bond donors (Lipinski definition) is 1. The molecule has 2 aromatic rings. The summed E-state index contributed by atoms with van der Waals surface area (Å²) in [4.78, 5) is 15.1. The number of para-hydroxylation sites is 1. The van der Waals surface area contributed by atoms with Crippen LogP contribution in [0, 0.1) is 17.7 Å². The van der Waals surface area contributed by atoms with Crippen LogP contribution in [0.3, 0.4) is 0 Å². The highest BCUT2D eigenvalue weighted by Gasteiger charge is 2.27. The van der Waals surface area contributed by atoms with Gasteiger partial charge in [0.05, 0.1) is 6.61 Å². The Morgan fingerprint density at radius 2 is 1.86 bits per heavy atom. The van der Waals surface area contributed by atoms with Gasteiger partial charge in [-0.25, -0.2) is 4.39 Å². The van der Waals surface area contributed by atoms with E-state index in [1.165, 1.54) is 6.07 Å². The van der Waals surface area contributed by atoms with Gasteiger partial charge in [0.2, 0.25) is 5.91 Å². The van der Waals surface area contributed by atoms with Crippen LogP contribution in [0.4, 0.5) is 10.1 Å². The van der Waals surface area contributed by atoms with Crippen molar-refractivity contribution in [1.82, 2.24) is 4.90 Å². The summed E-state index contributed by atoms with van der Waals surface area (Å²) in [6.45, 7) is 4.76. The molecule has 0 aliphatic carbocycles. The fourth-order valence-electron chi connectivity index (χ4n) is 3.98. The first kappa shape index (κ1) is 19.9. The summed E-state index contributed by atoms with van der Waals surface area (Å²) in [6, 6.07) is 13.3. The maximum atomic E-state index is 13.7. The quantitative estimate of drug-likeness (QED) is 0.788. The molecule has 0 spiro atoms.